The monoisotopic (exact) mass is 329 g/mol. The molecule has 0 bridgehead atoms. The molecule has 3 fully saturated rings. The third-order valence-corrected chi connectivity index (χ3v) is 5.49. The lowest BCUT2D eigenvalue weighted by atomic mass is 9.96. The van der Waals surface area contributed by atoms with Crippen molar-refractivity contribution in [1.82, 2.24) is 20.4 Å². The normalized spacial score (nSPS) is 22.5. The van der Waals surface area contributed by atoms with E-state index in [1.165, 1.54) is 32.1 Å². The van der Waals surface area contributed by atoms with E-state index in [1.54, 1.807) is 0 Å². The second-order valence-electron chi connectivity index (χ2n) is 7.35. The lowest BCUT2D eigenvalue weighted by Gasteiger charge is -2.36. The number of hydrogen-bond acceptors (Lipinski definition) is 4. The summed E-state index contributed by atoms with van der Waals surface area (Å²) in [5.41, 5.74) is 1.13. The van der Waals surface area contributed by atoms with Crippen LogP contribution in [0.4, 0.5) is 10.6 Å². The van der Waals surface area contributed by atoms with Gasteiger partial charge in [-0.2, -0.15) is 5.10 Å². The largest absolute Gasteiger partial charge is 0.352 e. The van der Waals surface area contributed by atoms with Crippen LogP contribution in [0, 0.1) is 0 Å². The van der Waals surface area contributed by atoms with Crippen LogP contribution >= 0.6 is 0 Å². The van der Waals surface area contributed by atoms with Gasteiger partial charge in [-0.1, -0.05) is 19.3 Å². The highest BCUT2D eigenvalue weighted by atomic mass is 16.2. The summed E-state index contributed by atoms with van der Waals surface area (Å²) in [5, 5.41) is 12.0. The number of amides is 2. The second-order valence-corrected chi connectivity index (χ2v) is 7.35. The van der Waals surface area contributed by atoms with E-state index < -0.39 is 0 Å². The maximum Gasteiger partial charge on any atom is 0.317 e. The Kier molecular flexibility index (Phi) is 4.54. The van der Waals surface area contributed by atoms with Gasteiger partial charge >= 0.3 is 6.03 Å². The van der Waals surface area contributed by atoms with Crippen molar-refractivity contribution < 1.29 is 4.79 Å². The molecule has 0 spiro atoms. The number of nitrogens with zero attached hydrogens (tertiary/aromatic N) is 4. The molecule has 1 aromatic rings. The second kappa shape index (κ2) is 6.95. The quantitative estimate of drug-likeness (QED) is 0.925. The van der Waals surface area contributed by atoms with Crippen LogP contribution in [0.15, 0.2) is 12.1 Å². The smallest absolute Gasteiger partial charge is 0.317 e. The summed E-state index contributed by atoms with van der Waals surface area (Å²) in [6, 6.07) is 4.68. The first-order chi connectivity index (χ1) is 11.8. The Morgan fingerprint density at radius 2 is 1.71 bits per heavy atom. The summed E-state index contributed by atoms with van der Waals surface area (Å²) in [4.78, 5) is 16.6. The fourth-order valence-corrected chi connectivity index (χ4v) is 3.75. The van der Waals surface area contributed by atoms with Crippen molar-refractivity contribution in [3.8, 4) is 0 Å². The standard InChI is InChI=1S/C18H27N5O/c24-18(19-15-4-2-1-3-5-15)23-12-10-22(11-13-23)17-9-8-16(20-21-17)14-6-7-14/h8-9,14-15H,1-7,10-13H2,(H,19,24). The van der Waals surface area contributed by atoms with Gasteiger partial charge in [0.2, 0.25) is 0 Å². The number of anilines is 1. The minimum absolute atomic E-state index is 0.108. The first-order valence-electron chi connectivity index (χ1n) is 9.43. The minimum atomic E-state index is 0.108. The molecule has 2 aliphatic carbocycles. The fourth-order valence-electron chi connectivity index (χ4n) is 3.75. The van der Waals surface area contributed by atoms with Crippen molar-refractivity contribution in [1.29, 1.82) is 0 Å². The maximum absolute atomic E-state index is 12.4. The van der Waals surface area contributed by atoms with Crippen molar-refractivity contribution in [2.75, 3.05) is 31.1 Å². The zero-order chi connectivity index (χ0) is 16.4. The SMILES string of the molecule is O=C(NC1CCCCC1)N1CCN(c2ccc(C3CC3)nn2)CC1. The van der Waals surface area contributed by atoms with E-state index in [0.29, 0.717) is 12.0 Å². The molecule has 2 saturated carbocycles. The van der Waals surface area contributed by atoms with Gasteiger partial charge in [-0.05, 0) is 37.8 Å². The molecule has 4 rings (SSSR count). The number of urea groups is 1. The molecule has 2 heterocycles. The van der Waals surface area contributed by atoms with E-state index >= 15 is 0 Å². The lowest BCUT2D eigenvalue weighted by Crippen LogP contribution is -2.53. The van der Waals surface area contributed by atoms with Crippen LogP contribution in [-0.4, -0.2) is 53.3 Å². The number of aromatic nitrogens is 2. The van der Waals surface area contributed by atoms with Crippen molar-refractivity contribution >= 4 is 11.8 Å². The molecule has 6 heteroatoms. The van der Waals surface area contributed by atoms with Crippen molar-refractivity contribution in [3.05, 3.63) is 17.8 Å². The third-order valence-electron chi connectivity index (χ3n) is 5.49. The summed E-state index contributed by atoms with van der Waals surface area (Å²) in [6.45, 7) is 3.17. The number of nitrogens with one attached hydrogen (secondary N) is 1. The first kappa shape index (κ1) is 15.7. The van der Waals surface area contributed by atoms with Gasteiger partial charge in [0.15, 0.2) is 5.82 Å². The average molecular weight is 329 g/mol. The Hall–Kier alpha value is -1.85. The molecule has 2 amide bonds. The molecule has 0 radical (unpaired) electrons. The molecule has 1 saturated heterocycles. The number of hydrogen-bond donors (Lipinski definition) is 1. The van der Waals surface area contributed by atoms with E-state index in [-0.39, 0.29) is 6.03 Å². The molecular weight excluding hydrogens is 302 g/mol. The van der Waals surface area contributed by atoms with Crippen LogP contribution in [0.3, 0.4) is 0 Å². The van der Waals surface area contributed by atoms with Gasteiger partial charge < -0.3 is 15.1 Å². The number of carbonyl (C=O) groups excluding carboxylic acids is 1. The molecule has 1 aliphatic heterocycles. The summed E-state index contributed by atoms with van der Waals surface area (Å²) in [6.07, 6.45) is 8.57. The molecule has 1 N–H and O–H groups in total. The van der Waals surface area contributed by atoms with Crippen molar-refractivity contribution in [2.45, 2.75) is 56.9 Å². The lowest BCUT2D eigenvalue weighted by molar-refractivity contribution is 0.186. The van der Waals surface area contributed by atoms with Gasteiger partial charge in [0.05, 0.1) is 5.69 Å². The molecule has 3 aliphatic rings. The Labute approximate surface area is 143 Å². The van der Waals surface area contributed by atoms with Crippen LogP contribution in [0.5, 0.6) is 0 Å². The van der Waals surface area contributed by atoms with Crippen LogP contribution in [0.25, 0.3) is 0 Å². The van der Waals surface area contributed by atoms with Crippen LogP contribution in [0.1, 0.15) is 56.6 Å². The highest BCUT2D eigenvalue weighted by molar-refractivity contribution is 5.74. The fraction of sp³-hybridized carbons (Fsp3) is 0.722. The van der Waals surface area contributed by atoms with Crippen LogP contribution in [0.2, 0.25) is 0 Å². The summed E-state index contributed by atoms with van der Waals surface area (Å²) in [5.74, 6) is 1.58. The van der Waals surface area contributed by atoms with E-state index in [2.05, 4.69) is 32.5 Å². The predicted molar refractivity (Wildman–Crippen MR) is 93.2 cm³/mol. The Morgan fingerprint density at radius 1 is 0.958 bits per heavy atom. The van der Waals surface area contributed by atoms with Crippen LogP contribution < -0.4 is 10.2 Å². The summed E-state index contributed by atoms with van der Waals surface area (Å²) >= 11 is 0. The van der Waals surface area contributed by atoms with E-state index in [1.807, 2.05) is 4.90 Å². The van der Waals surface area contributed by atoms with Gasteiger partial charge in [-0.25, -0.2) is 4.79 Å². The molecule has 6 nitrogen and oxygen atoms in total. The Morgan fingerprint density at radius 3 is 2.33 bits per heavy atom. The summed E-state index contributed by atoms with van der Waals surface area (Å²) < 4.78 is 0. The average Bonchev–Trinajstić information content (AvgIpc) is 3.48. The van der Waals surface area contributed by atoms with Crippen molar-refractivity contribution in [3.63, 3.8) is 0 Å². The molecular formula is C18H27N5O. The zero-order valence-electron chi connectivity index (χ0n) is 14.3. The molecule has 0 unspecified atom stereocenters. The van der Waals surface area contributed by atoms with Gasteiger partial charge in [-0.15, -0.1) is 5.10 Å². The minimum Gasteiger partial charge on any atom is -0.352 e. The predicted octanol–water partition coefficient (Wildman–Crippen LogP) is 2.52. The highest BCUT2D eigenvalue weighted by Crippen LogP contribution is 2.38. The Balaban J connectivity index is 1.27. The third kappa shape index (κ3) is 3.62. The van der Waals surface area contributed by atoms with Gasteiger partial charge in [-0.3, -0.25) is 0 Å². The molecule has 0 aromatic carbocycles. The maximum atomic E-state index is 12.4. The molecule has 130 valence electrons. The number of rotatable bonds is 3. The zero-order valence-corrected chi connectivity index (χ0v) is 14.3. The molecule has 1 aromatic heterocycles. The van der Waals surface area contributed by atoms with Crippen molar-refractivity contribution in [2.24, 2.45) is 0 Å². The van der Waals surface area contributed by atoms with Crippen LogP contribution in [-0.2, 0) is 0 Å². The number of piperazine rings is 1. The first-order valence-corrected chi connectivity index (χ1v) is 9.43. The van der Waals surface area contributed by atoms with Gasteiger partial charge in [0.1, 0.15) is 0 Å². The van der Waals surface area contributed by atoms with E-state index in [0.717, 1.165) is 50.5 Å². The number of carbonyl (C=O) groups is 1. The molecule has 0 atom stereocenters. The molecule has 24 heavy (non-hydrogen) atoms. The van der Waals surface area contributed by atoms with E-state index in [9.17, 15) is 4.79 Å². The topological polar surface area (TPSA) is 61.4 Å². The van der Waals surface area contributed by atoms with E-state index in [4.69, 9.17) is 0 Å². The highest BCUT2D eigenvalue weighted by Gasteiger charge is 2.27. The summed E-state index contributed by atoms with van der Waals surface area (Å²) in [7, 11) is 0. The van der Waals surface area contributed by atoms with Gasteiger partial charge in [0.25, 0.3) is 0 Å². The Bertz CT molecular complexity index is 557. The van der Waals surface area contributed by atoms with Gasteiger partial charge in [0, 0.05) is 38.1 Å².